The highest BCUT2D eigenvalue weighted by molar-refractivity contribution is 5.95. The molecule has 2 heterocycles. The van der Waals surface area contributed by atoms with Crippen LogP contribution in [0.2, 0.25) is 0 Å². The van der Waals surface area contributed by atoms with Crippen LogP contribution in [0.15, 0.2) is 42.5 Å². The minimum absolute atomic E-state index is 0.159. The maximum Gasteiger partial charge on any atom is 0.265 e. The minimum atomic E-state index is -0.495. The van der Waals surface area contributed by atoms with Crippen molar-refractivity contribution in [2.75, 3.05) is 18.5 Å². The molecule has 1 unspecified atom stereocenters. The van der Waals surface area contributed by atoms with Crippen molar-refractivity contribution in [1.29, 1.82) is 0 Å². The van der Waals surface area contributed by atoms with E-state index in [4.69, 9.17) is 14.2 Å². The first kappa shape index (κ1) is 13.0. The van der Waals surface area contributed by atoms with Gasteiger partial charge >= 0.3 is 0 Å². The van der Waals surface area contributed by atoms with Gasteiger partial charge in [0.2, 0.25) is 0 Å². The lowest BCUT2D eigenvalue weighted by molar-refractivity contribution is -0.122. The molecule has 112 valence electrons. The van der Waals surface area contributed by atoms with Gasteiger partial charge in [0.05, 0.1) is 0 Å². The van der Waals surface area contributed by atoms with Crippen LogP contribution in [0.25, 0.3) is 0 Å². The Morgan fingerprint density at radius 1 is 1.00 bits per heavy atom. The maximum absolute atomic E-state index is 12.3. The van der Waals surface area contributed by atoms with E-state index in [-0.39, 0.29) is 5.91 Å². The molecule has 1 atom stereocenters. The SMILES string of the molecule is O=C(Nc1ccc2c(c1)OCCO2)C1Cc2ccccc2O1. The van der Waals surface area contributed by atoms with Gasteiger partial charge in [-0.05, 0) is 23.8 Å². The normalized spacial score (nSPS) is 18.3. The fourth-order valence-electron chi connectivity index (χ4n) is 2.67. The quantitative estimate of drug-likeness (QED) is 0.925. The highest BCUT2D eigenvalue weighted by Crippen LogP contribution is 2.33. The van der Waals surface area contributed by atoms with E-state index in [1.165, 1.54) is 0 Å². The first-order chi connectivity index (χ1) is 10.8. The van der Waals surface area contributed by atoms with Crippen molar-refractivity contribution in [3.05, 3.63) is 48.0 Å². The Morgan fingerprint density at radius 3 is 2.68 bits per heavy atom. The van der Waals surface area contributed by atoms with Gasteiger partial charge in [-0.2, -0.15) is 0 Å². The summed E-state index contributed by atoms with van der Waals surface area (Å²) >= 11 is 0. The molecule has 22 heavy (non-hydrogen) atoms. The number of carbonyl (C=O) groups is 1. The molecular weight excluding hydrogens is 282 g/mol. The first-order valence-corrected chi connectivity index (χ1v) is 7.25. The molecule has 0 saturated carbocycles. The first-order valence-electron chi connectivity index (χ1n) is 7.25. The van der Waals surface area contributed by atoms with Crippen LogP contribution in [0.1, 0.15) is 5.56 Å². The van der Waals surface area contributed by atoms with Gasteiger partial charge in [-0.1, -0.05) is 18.2 Å². The molecule has 1 amide bonds. The second kappa shape index (κ2) is 5.26. The molecule has 2 aromatic rings. The standard InChI is InChI=1S/C17H15NO4/c19-17(16-9-11-3-1-2-4-13(11)22-16)18-12-5-6-14-15(10-12)21-8-7-20-14/h1-6,10,16H,7-9H2,(H,18,19). The largest absolute Gasteiger partial charge is 0.486 e. The topological polar surface area (TPSA) is 56.8 Å². The molecule has 2 aliphatic heterocycles. The van der Waals surface area contributed by atoms with E-state index in [9.17, 15) is 4.79 Å². The summed E-state index contributed by atoms with van der Waals surface area (Å²) in [7, 11) is 0. The summed E-state index contributed by atoms with van der Waals surface area (Å²) in [5.41, 5.74) is 1.73. The summed E-state index contributed by atoms with van der Waals surface area (Å²) in [5.74, 6) is 1.98. The summed E-state index contributed by atoms with van der Waals surface area (Å²) in [5, 5.41) is 2.87. The third-order valence-electron chi connectivity index (χ3n) is 3.75. The number of rotatable bonds is 2. The second-order valence-electron chi connectivity index (χ2n) is 5.27. The Labute approximate surface area is 127 Å². The average Bonchev–Trinajstić information content (AvgIpc) is 2.99. The molecule has 0 bridgehead atoms. The fourth-order valence-corrected chi connectivity index (χ4v) is 2.67. The molecule has 0 spiro atoms. The van der Waals surface area contributed by atoms with Crippen molar-refractivity contribution in [2.24, 2.45) is 0 Å². The highest BCUT2D eigenvalue weighted by atomic mass is 16.6. The van der Waals surface area contributed by atoms with Crippen molar-refractivity contribution in [3.63, 3.8) is 0 Å². The van der Waals surface area contributed by atoms with Crippen molar-refractivity contribution in [3.8, 4) is 17.2 Å². The number of para-hydroxylation sites is 1. The molecule has 5 nitrogen and oxygen atoms in total. The van der Waals surface area contributed by atoms with Gasteiger partial charge in [-0.25, -0.2) is 0 Å². The zero-order valence-corrected chi connectivity index (χ0v) is 11.9. The third-order valence-corrected chi connectivity index (χ3v) is 3.75. The van der Waals surface area contributed by atoms with Crippen LogP contribution < -0.4 is 19.5 Å². The molecule has 0 aromatic heterocycles. The summed E-state index contributed by atoms with van der Waals surface area (Å²) in [6.07, 6.45) is 0.0950. The Kier molecular flexibility index (Phi) is 3.11. The van der Waals surface area contributed by atoms with Gasteiger partial charge in [-0.15, -0.1) is 0 Å². The van der Waals surface area contributed by atoms with E-state index in [0.717, 1.165) is 11.3 Å². The molecule has 0 aliphatic carbocycles. The van der Waals surface area contributed by atoms with Crippen LogP contribution in [0.5, 0.6) is 17.2 Å². The van der Waals surface area contributed by atoms with Crippen LogP contribution in [-0.2, 0) is 11.2 Å². The van der Waals surface area contributed by atoms with Gasteiger partial charge in [-0.3, -0.25) is 4.79 Å². The number of hydrogen-bond acceptors (Lipinski definition) is 4. The van der Waals surface area contributed by atoms with E-state index in [0.29, 0.717) is 36.8 Å². The van der Waals surface area contributed by atoms with Crippen molar-refractivity contribution < 1.29 is 19.0 Å². The molecular formula is C17H15NO4. The summed E-state index contributed by atoms with van der Waals surface area (Å²) in [6.45, 7) is 1.07. The van der Waals surface area contributed by atoms with E-state index in [2.05, 4.69) is 5.32 Å². The maximum atomic E-state index is 12.3. The third kappa shape index (κ3) is 2.35. The van der Waals surface area contributed by atoms with E-state index in [1.54, 1.807) is 18.2 Å². The lowest BCUT2D eigenvalue weighted by Crippen LogP contribution is -2.31. The predicted molar refractivity (Wildman–Crippen MR) is 80.6 cm³/mol. The van der Waals surface area contributed by atoms with E-state index in [1.807, 2.05) is 24.3 Å². The average molecular weight is 297 g/mol. The molecule has 0 saturated heterocycles. The van der Waals surface area contributed by atoms with Crippen LogP contribution in [0.3, 0.4) is 0 Å². The molecule has 4 rings (SSSR count). The number of ether oxygens (including phenoxy) is 3. The number of benzene rings is 2. The van der Waals surface area contributed by atoms with Crippen LogP contribution >= 0.6 is 0 Å². The van der Waals surface area contributed by atoms with Crippen molar-refractivity contribution >= 4 is 11.6 Å². The summed E-state index contributed by atoms with van der Waals surface area (Å²) in [6, 6.07) is 13.1. The Bertz CT molecular complexity index is 703. The number of amides is 1. The number of hydrogen-bond donors (Lipinski definition) is 1. The Hall–Kier alpha value is -2.69. The van der Waals surface area contributed by atoms with Gasteiger partial charge < -0.3 is 19.5 Å². The zero-order chi connectivity index (χ0) is 14.9. The fraction of sp³-hybridized carbons (Fsp3) is 0.235. The van der Waals surface area contributed by atoms with E-state index < -0.39 is 6.10 Å². The van der Waals surface area contributed by atoms with Crippen molar-refractivity contribution in [1.82, 2.24) is 0 Å². The zero-order valence-electron chi connectivity index (χ0n) is 11.9. The van der Waals surface area contributed by atoms with Gasteiger partial charge in [0.15, 0.2) is 17.6 Å². The molecule has 2 aromatic carbocycles. The number of anilines is 1. The number of carbonyl (C=O) groups excluding carboxylic acids is 1. The highest BCUT2D eigenvalue weighted by Gasteiger charge is 2.29. The molecule has 0 fully saturated rings. The van der Waals surface area contributed by atoms with Crippen molar-refractivity contribution in [2.45, 2.75) is 12.5 Å². The van der Waals surface area contributed by atoms with Gasteiger partial charge in [0, 0.05) is 18.2 Å². The molecule has 2 aliphatic rings. The van der Waals surface area contributed by atoms with E-state index >= 15 is 0 Å². The van der Waals surface area contributed by atoms with Crippen LogP contribution in [0, 0.1) is 0 Å². The smallest absolute Gasteiger partial charge is 0.265 e. The Balaban J connectivity index is 1.47. The number of fused-ring (bicyclic) bond motifs is 2. The molecule has 1 N–H and O–H groups in total. The summed E-state index contributed by atoms with van der Waals surface area (Å²) in [4.78, 5) is 12.3. The monoisotopic (exact) mass is 297 g/mol. The lowest BCUT2D eigenvalue weighted by Gasteiger charge is -2.19. The molecule has 5 heteroatoms. The number of nitrogens with one attached hydrogen (secondary N) is 1. The van der Waals surface area contributed by atoms with Gasteiger partial charge in [0.1, 0.15) is 19.0 Å². The van der Waals surface area contributed by atoms with Gasteiger partial charge in [0.25, 0.3) is 5.91 Å². The Morgan fingerprint density at radius 2 is 1.82 bits per heavy atom. The summed E-state index contributed by atoms with van der Waals surface area (Å²) < 4.78 is 16.7. The van der Waals surface area contributed by atoms with Crippen LogP contribution in [0.4, 0.5) is 5.69 Å². The predicted octanol–water partition coefficient (Wildman–Crippen LogP) is 2.40. The second-order valence-corrected chi connectivity index (χ2v) is 5.27. The van der Waals surface area contributed by atoms with Crippen LogP contribution in [-0.4, -0.2) is 25.2 Å². The molecule has 0 radical (unpaired) electrons. The minimum Gasteiger partial charge on any atom is -0.486 e. The lowest BCUT2D eigenvalue weighted by atomic mass is 10.1.